The van der Waals surface area contributed by atoms with Gasteiger partial charge in [0.25, 0.3) is 0 Å². The second-order valence-electron chi connectivity index (χ2n) is 3.91. The lowest BCUT2D eigenvalue weighted by Crippen LogP contribution is -2.40. The standard InChI is InChI=1S/C9H13Cl2NO4S/c10-3-7(11)4-12(5-9(13)14)8-1-2-17(15,16)6-8/h3,8H,1-2,4-6H2,(H,13,14). The van der Waals surface area contributed by atoms with Crippen LogP contribution in [-0.4, -0.2) is 55.0 Å². The first-order valence-electron chi connectivity index (χ1n) is 4.95. The second-order valence-corrected chi connectivity index (χ2v) is 6.84. The Morgan fingerprint density at radius 1 is 1.47 bits per heavy atom. The Bertz CT molecular complexity index is 421. The van der Waals surface area contributed by atoms with Gasteiger partial charge in [0.05, 0.1) is 18.1 Å². The molecule has 1 saturated heterocycles. The van der Waals surface area contributed by atoms with E-state index in [0.717, 1.165) is 5.54 Å². The van der Waals surface area contributed by atoms with Gasteiger partial charge in [-0.2, -0.15) is 0 Å². The van der Waals surface area contributed by atoms with Crippen molar-refractivity contribution in [3.63, 3.8) is 0 Å². The highest BCUT2D eigenvalue weighted by Crippen LogP contribution is 2.19. The molecule has 8 heteroatoms. The summed E-state index contributed by atoms with van der Waals surface area (Å²) >= 11 is 11.1. The third-order valence-corrected chi connectivity index (χ3v) is 4.89. The maximum absolute atomic E-state index is 11.3. The summed E-state index contributed by atoms with van der Waals surface area (Å²) in [7, 11) is -3.05. The van der Waals surface area contributed by atoms with Crippen LogP contribution < -0.4 is 0 Å². The van der Waals surface area contributed by atoms with Crippen molar-refractivity contribution in [2.24, 2.45) is 0 Å². The number of sulfone groups is 1. The monoisotopic (exact) mass is 301 g/mol. The lowest BCUT2D eigenvalue weighted by atomic mass is 10.2. The third kappa shape index (κ3) is 4.83. The van der Waals surface area contributed by atoms with Gasteiger partial charge in [-0.25, -0.2) is 8.42 Å². The van der Waals surface area contributed by atoms with Crippen LogP contribution in [0.15, 0.2) is 10.6 Å². The Labute approximate surface area is 110 Å². The van der Waals surface area contributed by atoms with Gasteiger partial charge in [-0.15, -0.1) is 0 Å². The van der Waals surface area contributed by atoms with Crippen LogP contribution in [-0.2, 0) is 14.6 Å². The Hall–Kier alpha value is -0.300. The van der Waals surface area contributed by atoms with E-state index in [1.54, 1.807) is 0 Å². The van der Waals surface area contributed by atoms with Crippen LogP contribution in [0.1, 0.15) is 6.42 Å². The molecule has 17 heavy (non-hydrogen) atoms. The average Bonchev–Trinajstić information content (AvgIpc) is 2.57. The van der Waals surface area contributed by atoms with E-state index >= 15 is 0 Å². The van der Waals surface area contributed by atoms with Crippen molar-refractivity contribution in [3.8, 4) is 0 Å². The van der Waals surface area contributed by atoms with Gasteiger partial charge < -0.3 is 5.11 Å². The van der Waals surface area contributed by atoms with Crippen molar-refractivity contribution in [1.29, 1.82) is 0 Å². The molecule has 0 spiro atoms. The molecule has 0 amide bonds. The number of rotatable bonds is 5. The van der Waals surface area contributed by atoms with Crippen LogP contribution in [0.5, 0.6) is 0 Å². The molecule has 1 aliphatic heterocycles. The van der Waals surface area contributed by atoms with Crippen LogP contribution in [0.25, 0.3) is 0 Å². The van der Waals surface area contributed by atoms with Crippen molar-refractivity contribution in [2.75, 3.05) is 24.6 Å². The van der Waals surface area contributed by atoms with E-state index in [4.69, 9.17) is 28.3 Å². The van der Waals surface area contributed by atoms with E-state index in [1.807, 2.05) is 0 Å². The lowest BCUT2D eigenvalue weighted by molar-refractivity contribution is -0.138. The predicted octanol–water partition coefficient (Wildman–Crippen LogP) is 0.879. The number of aliphatic carboxylic acids is 1. The molecule has 1 aliphatic rings. The molecule has 1 heterocycles. The maximum atomic E-state index is 11.3. The van der Waals surface area contributed by atoms with Crippen molar-refractivity contribution >= 4 is 39.0 Å². The molecule has 1 rings (SSSR count). The average molecular weight is 302 g/mol. The van der Waals surface area contributed by atoms with Gasteiger partial charge in [0, 0.05) is 23.2 Å². The van der Waals surface area contributed by atoms with Gasteiger partial charge in [-0.1, -0.05) is 23.2 Å². The number of carboxylic acid groups (broad SMARTS) is 1. The zero-order valence-corrected chi connectivity index (χ0v) is 11.3. The van der Waals surface area contributed by atoms with E-state index < -0.39 is 15.8 Å². The molecule has 1 fully saturated rings. The zero-order valence-electron chi connectivity index (χ0n) is 8.97. The van der Waals surface area contributed by atoms with E-state index in [9.17, 15) is 13.2 Å². The molecule has 0 saturated carbocycles. The number of hydrogen-bond acceptors (Lipinski definition) is 4. The van der Waals surface area contributed by atoms with E-state index in [1.165, 1.54) is 4.90 Å². The highest BCUT2D eigenvalue weighted by molar-refractivity contribution is 7.91. The fraction of sp³-hybridized carbons (Fsp3) is 0.667. The van der Waals surface area contributed by atoms with Gasteiger partial charge in [0.1, 0.15) is 0 Å². The Balaban J connectivity index is 2.73. The molecule has 5 nitrogen and oxygen atoms in total. The molecule has 0 radical (unpaired) electrons. The first-order chi connectivity index (χ1) is 7.84. The van der Waals surface area contributed by atoms with E-state index in [2.05, 4.69) is 0 Å². The quantitative estimate of drug-likeness (QED) is 0.816. The summed E-state index contributed by atoms with van der Waals surface area (Å²) in [6.07, 6.45) is 0.433. The number of nitrogens with zero attached hydrogens (tertiary/aromatic N) is 1. The molecular weight excluding hydrogens is 289 g/mol. The largest absolute Gasteiger partial charge is 0.480 e. The first-order valence-corrected chi connectivity index (χ1v) is 7.58. The molecule has 98 valence electrons. The fourth-order valence-electron chi connectivity index (χ4n) is 1.78. The molecule has 1 atom stereocenters. The highest BCUT2D eigenvalue weighted by Gasteiger charge is 2.33. The molecule has 0 bridgehead atoms. The highest BCUT2D eigenvalue weighted by atomic mass is 35.5. The van der Waals surface area contributed by atoms with E-state index in [0.29, 0.717) is 6.42 Å². The molecule has 1 unspecified atom stereocenters. The molecule has 0 aromatic rings. The zero-order chi connectivity index (χ0) is 13.1. The Morgan fingerprint density at radius 3 is 2.53 bits per heavy atom. The van der Waals surface area contributed by atoms with E-state index in [-0.39, 0.29) is 35.7 Å². The van der Waals surface area contributed by atoms with Crippen molar-refractivity contribution in [3.05, 3.63) is 10.6 Å². The van der Waals surface area contributed by atoms with Crippen LogP contribution in [0.3, 0.4) is 0 Å². The number of halogens is 2. The summed E-state index contributed by atoms with van der Waals surface area (Å²) < 4.78 is 22.7. The van der Waals surface area contributed by atoms with Gasteiger partial charge in [0.2, 0.25) is 0 Å². The summed E-state index contributed by atoms with van der Waals surface area (Å²) in [5.74, 6) is -0.948. The number of carbonyl (C=O) groups is 1. The van der Waals surface area contributed by atoms with Crippen LogP contribution in [0.2, 0.25) is 0 Å². The normalized spacial score (nSPS) is 24.2. The number of carboxylic acids is 1. The topological polar surface area (TPSA) is 74.7 Å². The summed E-state index contributed by atoms with van der Waals surface area (Å²) in [5.41, 5.74) is 1.15. The lowest BCUT2D eigenvalue weighted by Gasteiger charge is -2.25. The Morgan fingerprint density at radius 2 is 2.12 bits per heavy atom. The van der Waals surface area contributed by atoms with Gasteiger partial charge >= 0.3 is 5.97 Å². The molecule has 0 aromatic carbocycles. The fourth-order valence-corrected chi connectivity index (χ4v) is 3.76. The van der Waals surface area contributed by atoms with Crippen LogP contribution in [0.4, 0.5) is 0 Å². The van der Waals surface area contributed by atoms with Crippen molar-refractivity contribution < 1.29 is 18.3 Å². The van der Waals surface area contributed by atoms with Crippen LogP contribution in [0, 0.1) is 0 Å². The third-order valence-electron chi connectivity index (χ3n) is 2.54. The summed E-state index contributed by atoms with van der Waals surface area (Å²) in [5, 5.41) is 9.06. The van der Waals surface area contributed by atoms with Gasteiger partial charge in [-0.05, 0) is 6.42 Å². The van der Waals surface area contributed by atoms with Gasteiger partial charge in [-0.3, -0.25) is 9.69 Å². The summed E-state index contributed by atoms with van der Waals surface area (Å²) in [6, 6.07) is -0.304. The minimum absolute atomic E-state index is 0.0211. The predicted molar refractivity (Wildman–Crippen MR) is 66.1 cm³/mol. The molecule has 0 aromatic heterocycles. The molecule has 1 N–H and O–H groups in total. The SMILES string of the molecule is O=C(O)CN(CC(Cl)=CCl)C1CCS(=O)(=O)C1. The summed E-state index contributed by atoms with van der Waals surface area (Å²) in [4.78, 5) is 12.2. The second kappa shape index (κ2) is 6.04. The van der Waals surface area contributed by atoms with Crippen molar-refractivity contribution in [1.82, 2.24) is 4.90 Å². The molecular formula is C9H13Cl2NO4S. The van der Waals surface area contributed by atoms with Crippen LogP contribution >= 0.6 is 23.2 Å². The number of hydrogen-bond donors (Lipinski definition) is 1. The van der Waals surface area contributed by atoms with Crippen molar-refractivity contribution in [2.45, 2.75) is 12.5 Å². The minimum Gasteiger partial charge on any atom is -0.480 e. The minimum atomic E-state index is -3.05. The summed E-state index contributed by atoms with van der Waals surface area (Å²) in [6.45, 7) is -0.0985. The molecule has 0 aliphatic carbocycles. The van der Waals surface area contributed by atoms with Gasteiger partial charge in [0.15, 0.2) is 9.84 Å². The smallest absolute Gasteiger partial charge is 0.317 e. The Kier molecular flexibility index (Phi) is 5.24. The maximum Gasteiger partial charge on any atom is 0.317 e. The first kappa shape index (κ1) is 14.8.